The molecule has 2 heterocycles. The Labute approximate surface area is 309 Å². The Morgan fingerprint density at radius 3 is 2.04 bits per heavy atom. The molecule has 5 aromatic carbocycles. The summed E-state index contributed by atoms with van der Waals surface area (Å²) >= 11 is 0. The van der Waals surface area contributed by atoms with Crippen LogP contribution in [0, 0.1) is 6.07 Å². The van der Waals surface area contributed by atoms with Gasteiger partial charge in [0.25, 0.3) is 0 Å². The number of pyridine rings is 1. The number of oxazole rings is 1. The Balaban J connectivity index is 0.00000432. The number of rotatable bonds is 5. The van der Waals surface area contributed by atoms with Crippen LogP contribution >= 0.6 is 0 Å². The summed E-state index contributed by atoms with van der Waals surface area (Å²) in [5.74, 6) is 0.812. The van der Waals surface area contributed by atoms with Gasteiger partial charge in [0.1, 0.15) is 11.3 Å². The van der Waals surface area contributed by atoms with Crippen LogP contribution in [-0.4, -0.2) is 15.1 Å². The molecule has 0 aliphatic rings. The largest absolute Gasteiger partial charge is 0.507 e. The molecule has 5 heteroatoms. The average Bonchev–Trinajstić information content (AvgIpc) is 3.51. The standard InChI is InChI=1S/C45H43N2O2.Pt/c1-27(2)31-22-35(42-40(25-31)49-43(47-42)37-26-33(44(3,4)5)17-18-39(37)48)30-16-12-15-29(21-30)34-23-32(28-13-10-9-11-14-28)24-36-38(45(6,7)8)19-20-46-41(34)36;/h9-20,22-27,48H,1-8H3;/q-1;. The van der Waals surface area contributed by atoms with Crippen LogP contribution in [0.1, 0.15) is 78.0 Å². The fraction of sp³-hybridized carbons (Fsp3) is 0.244. The number of hydrogen-bond acceptors (Lipinski definition) is 4. The summed E-state index contributed by atoms with van der Waals surface area (Å²) in [5.41, 5.74) is 12.5. The van der Waals surface area contributed by atoms with Crippen molar-refractivity contribution in [1.29, 1.82) is 0 Å². The minimum atomic E-state index is -0.0929. The molecule has 4 nitrogen and oxygen atoms in total. The topological polar surface area (TPSA) is 59.2 Å². The van der Waals surface area contributed by atoms with Gasteiger partial charge >= 0.3 is 0 Å². The number of fused-ring (bicyclic) bond motifs is 2. The van der Waals surface area contributed by atoms with Crippen molar-refractivity contribution in [2.45, 2.75) is 72.1 Å². The zero-order chi connectivity index (χ0) is 34.7. The van der Waals surface area contributed by atoms with E-state index in [0.717, 1.165) is 60.9 Å². The minimum absolute atomic E-state index is 0. The summed E-state index contributed by atoms with van der Waals surface area (Å²) < 4.78 is 6.44. The molecule has 0 atom stereocenters. The van der Waals surface area contributed by atoms with Crippen molar-refractivity contribution < 1.29 is 30.6 Å². The van der Waals surface area contributed by atoms with E-state index < -0.39 is 0 Å². The number of hydrogen-bond donors (Lipinski definition) is 1. The van der Waals surface area contributed by atoms with Crippen LogP contribution in [0.4, 0.5) is 0 Å². The number of aromatic nitrogens is 2. The summed E-state index contributed by atoms with van der Waals surface area (Å²) in [6.07, 6.45) is 1.93. The van der Waals surface area contributed by atoms with Gasteiger partial charge in [0.05, 0.1) is 11.1 Å². The first-order chi connectivity index (χ1) is 23.3. The fourth-order valence-corrected chi connectivity index (χ4v) is 6.57. The van der Waals surface area contributed by atoms with E-state index in [4.69, 9.17) is 14.4 Å². The molecule has 2 aromatic heterocycles. The van der Waals surface area contributed by atoms with Gasteiger partial charge in [-0.1, -0.05) is 115 Å². The van der Waals surface area contributed by atoms with Gasteiger partial charge < -0.3 is 9.52 Å². The van der Waals surface area contributed by atoms with E-state index in [0.29, 0.717) is 17.0 Å². The Kier molecular flexibility index (Phi) is 9.39. The maximum absolute atomic E-state index is 10.9. The molecule has 0 saturated carbocycles. The molecule has 0 bridgehead atoms. The van der Waals surface area contributed by atoms with Crippen molar-refractivity contribution >= 4 is 22.0 Å². The van der Waals surface area contributed by atoms with Gasteiger partial charge in [-0.25, -0.2) is 4.98 Å². The predicted octanol–water partition coefficient (Wildman–Crippen LogP) is 12.3. The fourth-order valence-electron chi connectivity index (χ4n) is 6.57. The number of benzene rings is 5. The second-order valence-corrected chi connectivity index (χ2v) is 15.4. The summed E-state index contributed by atoms with van der Waals surface area (Å²) in [4.78, 5) is 9.98. The van der Waals surface area contributed by atoms with E-state index in [9.17, 15) is 5.11 Å². The third-order valence-corrected chi connectivity index (χ3v) is 9.41. The summed E-state index contributed by atoms with van der Waals surface area (Å²) in [5, 5.41) is 12.1. The van der Waals surface area contributed by atoms with Crippen LogP contribution in [0.3, 0.4) is 0 Å². The molecule has 0 saturated heterocycles. The molecule has 256 valence electrons. The normalized spacial score (nSPS) is 12.1. The first kappa shape index (κ1) is 35.3. The maximum atomic E-state index is 10.9. The van der Waals surface area contributed by atoms with Crippen molar-refractivity contribution in [2.75, 3.05) is 0 Å². The third-order valence-electron chi connectivity index (χ3n) is 9.41. The molecule has 0 spiro atoms. The van der Waals surface area contributed by atoms with Gasteiger partial charge in [-0.3, -0.25) is 4.98 Å². The van der Waals surface area contributed by atoms with Crippen LogP contribution in [0.5, 0.6) is 5.75 Å². The quantitative estimate of drug-likeness (QED) is 0.175. The molecule has 0 amide bonds. The van der Waals surface area contributed by atoms with Crippen LogP contribution in [-0.2, 0) is 31.9 Å². The summed E-state index contributed by atoms with van der Waals surface area (Å²) in [7, 11) is 0. The molecule has 1 N–H and O–H groups in total. The molecule has 50 heavy (non-hydrogen) atoms. The molecule has 0 fully saturated rings. The molecule has 7 aromatic rings. The maximum Gasteiger partial charge on any atom is 0.230 e. The number of nitrogens with zero attached hydrogens (tertiary/aromatic N) is 2. The van der Waals surface area contributed by atoms with Gasteiger partial charge in [0, 0.05) is 32.8 Å². The van der Waals surface area contributed by atoms with Gasteiger partial charge in [0.15, 0.2) is 0 Å². The number of phenols is 1. The van der Waals surface area contributed by atoms with Crippen molar-refractivity contribution in [2.24, 2.45) is 0 Å². The zero-order valence-electron chi connectivity index (χ0n) is 30.0. The van der Waals surface area contributed by atoms with Crippen LogP contribution in [0.2, 0.25) is 0 Å². The first-order valence-corrected chi connectivity index (χ1v) is 17.1. The Morgan fingerprint density at radius 1 is 0.680 bits per heavy atom. The van der Waals surface area contributed by atoms with Crippen LogP contribution in [0.25, 0.3) is 66.8 Å². The van der Waals surface area contributed by atoms with Crippen LogP contribution < -0.4 is 0 Å². The first-order valence-electron chi connectivity index (χ1n) is 17.1. The SMILES string of the molecule is CC(C)c1cc(-c2[c-]c(-c3cc(-c4ccccc4)cc4c(C(C)(C)C)ccnc34)ccc2)c2nc(-c3cc(C(C)(C)C)ccc3O)oc2c1.[Pt]. The van der Waals surface area contributed by atoms with Crippen molar-refractivity contribution in [3.63, 3.8) is 0 Å². The van der Waals surface area contributed by atoms with Gasteiger partial charge in [0.2, 0.25) is 5.89 Å². The van der Waals surface area contributed by atoms with Crippen molar-refractivity contribution in [3.05, 3.63) is 126 Å². The number of aromatic hydroxyl groups is 1. The molecule has 7 rings (SSSR count). The molecule has 0 aliphatic carbocycles. The summed E-state index contributed by atoms with van der Waals surface area (Å²) in [6.45, 7) is 17.6. The van der Waals surface area contributed by atoms with E-state index >= 15 is 0 Å². The van der Waals surface area contributed by atoms with E-state index in [1.807, 2.05) is 18.3 Å². The average molecular weight is 839 g/mol. The van der Waals surface area contributed by atoms with E-state index in [1.165, 1.54) is 5.56 Å². The Morgan fingerprint density at radius 2 is 1.38 bits per heavy atom. The Hall–Kier alpha value is -4.53. The molecular weight excluding hydrogens is 796 g/mol. The molecule has 0 aliphatic heterocycles. The predicted molar refractivity (Wildman–Crippen MR) is 203 cm³/mol. The Bertz CT molecular complexity index is 2340. The zero-order valence-corrected chi connectivity index (χ0v) is 32.2. The second kappa shape index (κ2) is 13.3. The van der Waals surface area contributed by atoms with E-state index in [-0.39, 0.29) is 43.6 Å². The van der Waals surface area contributed by atoms with Crippen molar-refractivity contribution in [3.8, 4) is 50.6 Å². The minimum Gasteiger partial charge on any atom is -0.507 e. The monoisotopic (exact) mass is 838 g/mol. The molecule has 0 radical (unpaired) electrons. The van der Waals surface area contributed by atoms with Crippen LogP contribution in [0.15, 0.2) is 108 Å². The number of phenolic OH excluding ortho intramolecular Hbond substituents is 1. The second-order valence-electron chi connectivity index (χ2n) is 15.4. The molecule has 0 unspecified atom stereocenters. The smallest absolute Gasteiger partial charge is 0.230 e. The van der Waals surface area contributed by atoms with Gasteiger partial charge in [-0.2, -0.15) is 0 Å². The van der Waals surface area contributed by atoms with Gasteiger partial charge in [-0.15, -0.1) is 35.4 Å². The van der Waals surface area contributed by atoms with E-state index in [1.54, 1.807) is 6.07 Å². The molecular formula is C45H43N2O2Pt-. The van der Waals surface area contributed by atoms with E-state index in [2.05, 4.69) is 140 Å². The summed E-state index contributed by atoms with van der Waals surface area (Å²) in [6, 6.07) is 37.2. The third kappa shape index (κ3) is 6.66. The van der Waals surface area contributed by atoms with Crippen molar-refractivity contribution in [1.82, 2.24) is 9.97 Å². The van der Waals surface area contributed by atoms with Gasteiger partial charge in [-0.05, 0) is 80.3 Å².